The summed E-state index contributed by atoms with van der Waals surface area (Å²) >= 11 is 0. The molecule has 1 saturated heterocycles. The van der Waals surface area contributed by atoms with E-state index >= 15 is 0 Å². The third-order valence-electron chi connectivity index (χ3n) is 4.10. The van der Waals surface area contributed by atoms with Gasteiger partial charge in [0.2, 0.25) is 0 Å². The summed E-state index contributed by atoms with van der Waals surface area (Å²) in [6.45, 7) is 3.10. The van der Waals surface area contributed by atoms with Gasteiger partial charge in [0, 0.05) is 13.0 Å². The molecule has 0 bridgehead atoms. The first-order chi connectivity index (χ1) is 12.9. The Morgan fingerprint density at radius 3 is 2.15 bits per heavy atom. The molecule has 0 aliphatic carbocycles. The smallest absolute Gasteiger partial charge is 0.177 e. The second kappa shape index (κ2) is 10.9. The van der Waals surface area contributed by atoms with E-state index in [0.717, 1.165) is 12.0 Å². The molecular formula is C22H26O4. The summed E-state index contributed by atoms with van der Waals surface area (Å²) in [5, 5.41) is 0. The lowest BCUT2D eigenvalue weighted by Crippen LogP contribution is -2.15. The zero-order valence-corrected chi connectivity index (χ0v) is 15.0. The average Bonchev–Trinajstić information content (AvgIpc) is 3.22. The minimum Gasteiger partial charge on any atom is -0.377 e. The van der Waals surface area contributed by atoms with Crippen LogP contribution in [0.1, 0.15) is 17.5 Å². The number of ether oxygens (including phenoxy) is 4. The lowest BCUT2D eigenvalue weighted by molar-refractivity contribution is -0.00469. The molecule has 1 aliphatic heterocycles. The van der Waals surface area contributed by atoms with Gasteiger partial charge in [-0.15, -0.1) is 0 Å². The SMILES string of the molecule is C(=C\[C@@H](CCOCc1ccccc1)OCc1ccccc1)/C1OCCO1. The van der Waals surface area contributed by atoms with Crippen molar-refractivity contribution in [2.24, 2.45) is 0 Å². The van der Waals surface area contributed by atoms with Crippen LogP contribution in [0.3, 0.4) is 0 Å². The third kappa shape index (κ3) is 6.73. The molecule has 4 nitrogen and oxygen atoms in total. The minimum atomic E-state index is -0.261. The van der Waals surface area contributed by atoms with Gasteiger partial charge in [0.25, 0.3) is 0 Å². The second-order valence-electron chi connectivity index (χ2n) is 6.16. The fourth-order valence-electron chi connectivity index (χ4n) is 2.68. The van der Waals surface area contributed by atoms with Crippen molar-refractivity contribution in [3.8, 4) is 0 Å². The van der Waals surface area contributed by atoms with Crippen molar-refractivity contribution < 1.29 is 18.9 Å². The molecule has 0 N–H and O–H groups in total. The summed E-state index contributed by atoms with van der Waals surface area (Å²) in [7, 11) is 0. The summed E-state index contributed by atoms with van der Waals surface area (Å²) in [6, 6.07) is 20.4. The maximum atomic E-state index is 6.06. The largest absolute Gasteiger partial charge is 0.377 e. The van der Waals surface area contributed by atoms with Crippen LogP contribution >= 0.6 is 0 Å². The molecule has 26 heavy (non-hydrogen) atoms. The van der Waals surface area contributed by atoms with Crippen molar-refractivity contribution in [1.29, 1.82) is 0 Å². The number of rotatable bonds is 10. The van der Waals surface area contributed by atoms with Gasteiger partial charge in [-0.1, -0.05) is 66.7 Å². The normalized spacial score (nSPS) is 16.3. The van der Waals surface area contributed by atoms with E-state index in [0.29, 0.717) is 33.0 Å². The predicted octanol–water partition coefficient (Wildman–Crippen LogP) is 4.11. The summed E-state index contributed by atoms with van der Waals surface area (Å²) in [5.41, 5.74) is 2.34. The molecule has 1 heterocycles. The first kappa shape index (κ1) is 18.8. The Hall–Kier alpha value is -1.98. The molecule has 1 fully saturated rings. The Balaban J connectivity index is 1.46. The van der Waals surface area contributed by atoms with Gasteiger partial charge in [-0.3, -0.25) is 0 Å². The highest BCUT2D eigenvalue weighted by Crippen LogP contribution is 2.11. The molecule has 0 saturated carbocycles. The van der Waals surface area contributed by atoms with Gasteiger partial charge in [0.05, 0.1) is 32.5 Å². The Morgan fingerprint density at radius 1 is 0.885 bits per heavy atom. The number of hydrogen-bond donors (Lipinski definition) is 0. The Bertz CT molecular complexity index is 636. The van der Waals surface area contributed by atoms with Crippen molar-refractivity contribution in [2.75, 3.05) is 19.8 Å². The molecule has 0 aromatic heterocycles. The molecular weight excluding hydrogens is 328 g/mol. The second-order valence-corrected chi connectivity index (χ2v) is 6.16. The van der Waals surface area contributed by atoms with Gasteiger partial charge in [-0.2, -0.15) is 0 Å². The molecule has 0 unspecified atom stereocenters. The van der Waals surface area contributed by atoms with Crippen LogP contribution in [-0.2, 0) is 32.2 Å². The maximum Gasteiger partial charge on any atom is 0.177 e. The van der Waals surface area contributed by atoms with Crippen LogP contribution in [-0.4, -0.2) is 32.2 Å². The van der Waals surface area contributed by atoms with Crippen LogP contribution in [0.5, 0.6) is 0 Å². The standard InChI is InChI=1S/C22H26O4/c1-3-7-19(8-4-1)17-23-14-13-21(11-12-22-24-15-16-25-22)26-18-20-9-5-2-6-10-20/h1-12,21-22H,13-18H2/b12-11+/t21-/m0/s1. The predicted molar refractivity (Wildman–Crippen MR) is 101 cm³/mol. The van der Waals surface area contributed by atoms with Crippen molar-refractivity contribution >= 4 is 0 Å². The summed E-state index contributed by atoms with van der Waals surface area (Å²) in [5.74, 6) is 0. The molecule has 138 valence electrons. The fourth-order valence-corrected chi connectivity index (χ4v) is 2.68. The minimum absolute atomic E-state index is 0.0428. The van der Waals surface area contributed by atoms with Crippen molar-refractivity contribution in [3.05, 3.63) is 83.9 Å². The first-order valence-corrected chi connectivity index (χ1v) is 9.09. The highest BCUT2D eigenvalue weighted by Gasteiger charge is 2.13. The van der Waals surface area contributed by atoms with Gasteiger partial charge in [0.15, 0.2) is 6.29 Å². The van der Waals surface area contributed by atoms with Gasteiger partial charge < -0.3 is 18.9 Å². The van der Waals surface area contributed by atoms with Crippen LogP contribution in [0.4, 0.5) is 0 Å². The van der Waals surface area contributed by atoms with Crippen LogP contribution in [0.25, 0.3) is 0 Å². The third-order valence-corrected chi connectivity index (χ3v) is 4.10. The lowest BCUT2D eigenvalue weighted by atomic mass is 10.2. The monoisotopic (exact) mass is 354 g/mol. The summed E-state index contributed by atoms with van der Waals surface area (Å²) < 4.78 is 22.8. The quantitative estimate of drug-likeness (QED) is 0.475. The summed E-state index contributed by atoms with van der Waals surface area (Å²) in [6.07, 6.45) is 4.43. The van der Waals surface area contributed by atoms with Crippen molar-refractivity contribution in [2.45, 2.75) is 32.0 Å². The molecule has 4 heteroatoms. The summed E-state index contributed by atoms with van der Waals surface area (Å²) in [4.78, 5) is 0. The molecule has 1 atom stereocenters. The Labute approximate surface area is 155 Å². The van der Waals surface area contributed by atoms with Gasteiger partial charge in [-0.05, 0) is 17.2 Å². The van der Waals surface area contributed by atoms with E-state index in [1.54, 1.807) is 0 Å². The highest BCUT2D eigenvalue weighted by molar-refractivity contribution is 5.14. The van der Waals surface area contributed by atoms with Crippen LogP contribution < -0.4 is 0 Å². The average molecular weight is 354 g/mol. The van der Waals surface area contributed by atoms with Gasteiger partial charge in [-0.25, -0.2) is 0 Å². The number of benzene rings is 2. The zero-order valence-electron chi connectivity index (χ0n) is 15.0. The van der Waals surface area contributed by atoms with Gasteiger partial charge in [0.1, 0.15) is 0 Å². The van der Waals surface area contributed by atoms with E-state index in [4.69, 9.17) is 18.9 Å². The van der Waals surface area contributed by atoms with Crippen LogP contribution in [0, 0.1) is 0 Å². The zero-order chi connectivity index (χ0) is 17.9. The van der Waals surface area contributed by atoms with Crippen molar-refractivity contribution in [1.82, 2.24) is 0 Å². The first-order valence-electron chi connectivity index (χ1n) is 9.09. The van der Waals surface area contributed by atoms with Crippen LogP contribution in [0.15, 0.2) is 72.8 Å². The van der Waals surface area contributed by atoms with E-state index < -0.39 is 0 Å². The van der Waals surface area contributed by atoms with E-state index in [9.17, 15) is 0 Å². The van der Waals surface area contributed by atoms with Crippen LogP contribution in [0.2, 0.25) is 0 Å². The van der Waals surface area contributed by atoms with E-state index in [1.807, 2.05) is 48.6 Å². The Kier molecular flexibility index (Phi) is 7.87. The molecule has 0 radical (unpaired) electrons. The lowest BCUT2D eigenvalue weighted by Gasteiger charge is -2.15. The molecule has 1 aliphatic rings. The molecule has 3 rings (SSSR count). The maximum absolute atomic E-state index is 6.06. The fraction of sp³-hybridized carbons (Fsp3) is 0.364. The topological polar surface area (TPSA) is 36.9 Å². The van der Waals surface area contributed by atoms with E-state index in [-0.39, 0.29) is 12.4 Å². The molecule has 2 aromatic carbocycles. The van der Waals surface area contributed by atoms with Crippen molar-refractivity contribution in [3.63, 3.8) is 0 Å². The highest BCUT2D eigenvalue weighted by atomic mass is 16.7. The molecule has 0 amide bonds. The van der Waals surface area contributed by atoms with E-state index in [2.05, 4.69) is 24.3 Å². The molecule has 2 aromatic rings. The Morgan fingerprint density at radius 2 is 1.50 bits per heavy atom. The van der Waals surface area contributed by atoms with E-state index in [1.165, 1.54) is 5.56 Å². The number of hydrogen-bond acceptors (Lipinski definition) is 4. The molecule has 0 spiro atoms. The van der Waals surface area contributed by atoms with Gasteiger partial charge >= 0.3 is 0 Å².